The molecule has 1 aliphatic rings. The number of rotatable bonds is 4. The van der Waals surface area contributed by atoms with Crippen molar-refractivity contribution in [2.75, 3.05) is 5.32 Å². The van der Waals surface area contributed by atoms with Gasteiger partial charge < -0.3 is 10.6 Å². The van der Waals surface area contributed by atoms with Crippen molar-refractivity contribution in [3.05, 3.63) is 92.7 Å². The first-order valence-corrected chi connectivity index (χ1v) is 11.2. The highest BCUT2D eigenvalue weighted by Gasteiger charge is 2.24. The third kappa shape index (κ3) is 6.01. The Morgan fingerprint density at radius 3 is 2.34 bits per heavy atom. The summed E-state index contributed by atoms with van der Waals surface area (Å²) in [5.74, 6) is 0.881. The number of aryl methyl sites for hydroxylation is 1. The van der Waals surface area contributed by atoms with Gasteiger partial charge in [0.15, 0.2) is 0 Å². The van der Waals surface area contributed by atoms with E-state index >= 15 is 0 Å². The lowest BCUT2D eigenvalue weighted by atomic mass is 9.90. The Hall–Kier alpha value is -1.97. The highest BCUT2D eigenvalue weighted by Crippen LogP contribution is 2.41. The van der Waals surface area contributed by atoms with E-state index in [1.165, 1.54) is 5.56 Å². The van der Waals surface area contributed by atoms with Crippen LogP contribution in [0.15, 0.2) is 71.0 Å². The van der Waals surface area contributed by atoms with Crippen LogP contribution < -0.4 is 10.6 Å². The van der Waals surface area contributed by atoms with Gasteiger partial charge >= 0.3 is 0 Å². The Balaban J connectivity index is 0.000000989. The predicted octanol–water partition coefficient (Wildman–Crippen LogP) is 8.48. The van der Waals surface area contributed by atoms with E-state index < -0.39 is 0 Å². The molecule has 2 N–H and O–H groups in total. The van der Waals surface area contributed by atoms with Crippen LogP contribution in [0.1, 0.15) is 51.3 Å². The van der Waals surface area contributed by atoms with Crippen LogP contribution in [0.2, 0.25) is 5.02 Å². The minimum atomic E-state index is 0.673. The smallest absolute Gasteiger partial charge is 0.112 e. The second kappa shape index (κ2) is 11.9. The van der Waals surface area contributed by atoms with Crippen LogP contribution in [-0.2, 0) is 6.54 Å². The lowest BCUT2D eigenvalue weighted by molar-refractivity contribution is 0.804. The van der Waals surface area contributed by atoms with Crippen molar-refractivity contribution in [2.45, 2.75) is 48.1 Å². The van der Waals surface area contributed by atoms with Crippen LogP contribution in [0.3, 0.4) is 0 Å². The van der Waals surface area contributed by atoms with Crippen LogP contribution in [-0.4, -0.2) is 0 Å². The van der Waals surface area contributed by atoms with Gasteiger partial charge in [-0.1, -0.05) is 86.6 Å². The number of halogens is 2. The minimum Gasteiger partial charge on any atom is -0.367 e. The van der Waals surface area contributed by atoms with E-state index in [4.69, 9.17) is 11.6 Å². The second-order valence-corrected chi connectivity index (χ2v) is 7.51. The number of benzene rings is 2. The van der Waals surface area contributed by atoms with Crippen LogP contribution in [0.25, 0.3) is 5.57 Å². The molecule has 0 spiro atoms. The van der Waals surface area contributed by atoms with E-state index in [2.05, 4.69) is 51.9 Å². The fourth-order valence-corrected chi connectivity index (χ4v) is 3.76. The summed E-state index contributed by atoms with van der Waals surface area (Å²) in [4.78, 5) is 0. The Labute approximate surface area is 189 Å². The molecule has 0 aliphatic carbocycles. The normalized spacial score (nSPS) is 11.9. The van der Waals surface area contributed by atoms with Gasteiger partial charge in [-0.05, 0) is 54.3 Å². The monoisotopic (exact) mass is 474 g/mol. The van der Waals surface area contributed by atoms with Gasteiger partial charge in [0.25, 0.3) is 0 Å². The van der Waals surface area contributed by atoms with E-state index in [1.54, 1.807) is 0 Å². The van der Waals surface area contributed by atoms with Crippen molar-refractivity contribution in [2.24, 2.45) is 0 Å². The van der Waals surface area contributed by atoms with Gasteiger partial charge in [-0.3, -0.25) is 0 Å². The zero-order valence-electron chi connectivity index (χ0n) is 18.3. The van der Waals surface area contributed by atoms with Gasteiger partial charge in [-0.25, -0.2) is 0 Å². The first kappa shape index (κ1) is 25.1. The zero-order valence-corrected chi connectivity index (χ0v) is 20.7. The molecule has 0 unspecified atom stereocenters. The maximum absolute atomic E-state index is 6.46. The average molecular weight is 476 g/mol. The summed E-state index contributed by atoms with van der Waals surface area (Å²) in [7, 11) is 0. The van der Waals surface area contributed by atoms with Crippen LogP contribution in [0.5, 0.6) is 0 Å². The van der Waals surface area contributed by atoms with Crippen molar-refractivity contribution in [1.82, 2.24) is 5.32 Å². The summed E-state index contributed by atoms with van der Waals surface area (Å²) in [6.07, 6.45) is 0. The van der Waals surface area contributed by atoms with Gasteiger partial charge in [0.05, 0.1) is 10.7 Å². The van der Waals surface area contributed by atoms with E-state index in [9.17, 15) is 0 Å². The van der Waals surface area contributed by atoms with E-state index in [0.717, 1.165) is 43.8 Å². The van der Waals surface area contributed by atoms with Crippen molar-refractivity contribution >= 4 is 38.8 Å². The summed E-state index contributed by atoms with van der Waals surface area (Å²) < 4.78 is 1.07. The first-order valence-electron chi connectivity index (χ1n) is 10.0. The highest BCUT2D eigenvalue weighted by atomic mass is 79.9. The van der Waals surface area contributed by atoms with Gasteiger partial charge in [0, 0.05) is 22.2 Å². The van der Waals surface area contributed by atoms with E-state index in [1.807, 2.05) is 65.8 Å². The topological polar surface area (TPSA) is 24.1 Å². The third-order valence-electron chi connectivity index (χ3n) is 4.20. The molecule has 29 heavy (non-hydrogen) atoms. The van der Waals surface area contributed by atoms with Gasteiger partial charge in [0.1, 0.15) is 5.82 Å². The standard InChI is InChI=1S/C21H20BrClN2.2C2H6/c1-12(2)19-14(4)16-9-13(3)10-18(23)20(16)25-21(19)24-11-15-7-5-6-8-17(15)22;2*1-2/h5-10,24-25H,1,4,11H2,2-3H3;2*1-2H3. The summed E-state index contributed by atoms with van der Waals surface area (Å²) >= 11 is 10.1. The molecular weight excluding hydrogens is 444 g/mol. The lowest BCUT2D eigenvalue weighted by Gasteiger charge is -2.29. The van der Waals surface area contributed by atoms with Crippen LogP contribution in [0.4, 0.5) is 5.69 Å². The molecule has 4 heteroatoms. The zero-order chi connectivity index (χ0) is 22.1. The quantitative estimate of drug-likeness (QED) is 0.463. The number of fused-ring (bicyclic) bond motifs is 1. The molecule has 0 aromatic heterocycles. The van der Waals surface area contributed by atoms with Crippen molar-refractivity contribution in [3.8, 4) is 0 Å². The molecule has 2 nitrogen and oxygen atoms in total. The van der Waals surface area contributed by atoms with Crippen LogP contribution in [0, 0.1) is 6.92 Å². The van der Waals surface area contributed by atoms with E-state index in [-0.39, 0.29) is 0 Å². The van der Waals surface area contributed by atoms with Crippen molar-refractivity contribution < 1.29 is 0 Å². The molecule has 1 heterocycles. The Bertz CT molecular complexity index is 913. The predicted molar refractivity (Wildman–Crippen MR) is 134 cm³/mol. The van der Waals surface area contributed by atoms with Gasteiger partial charge in [-0.15, -0.1) is 0 Å². The molecule has 2 aromatic rings. The maximum Gasteiger partial charge on any atom is 0.112 e. The molecule has 3 rings (SSSR count). The molecule has 0 radical (unpaired) electrons. The summed E-state index contributed by atoms with van der Waals surface area (Å²) in [5, 5.41) is 7.62. The number of hydrogen-bond donors (Lipinski definition) is 2. The largest absolute Gasteiger partial charge is 0.367 e. The Morgan fingerprint density at radius 2 is 1.76 bits per heavy atom. The molecule has 1 aliphatic heterocycles. The van der Waals surface area contributed by atoms with Crippen LogP contribution >= 0.6 is 27.5 Å². The summed E-state index contributed by atoms with van der Waals surface area (Å²) in [5.41, 5.74) is 7.08. The molecule has 0 fully saturated rings. The number of hydrogen-bond acceptors (Lipinski definition) is 2. The summed E-state index contributed by atoms with van der Waals surface area (Å²) in [6, 6.07) is 12.2. The first-order chi connectivity index (χ1) is 13.9. The number of allylic oxidation sites excluding steroid dienone is 3. The number of nitrogens with one attached hydrogen (secondary N) is 2. The Morgan fingerprint density at radius 1 is 1.14 bits per heavy atom. The van der Waals surface area contributed by atoms with Crippen molar-refractivity contribution in [3.63, 3.8) is 0 Å². The molecule has 0 amide bonds. The third-order valence-corrected chi connectivity index (χ3v) is 5.27. The minimum absolute atomic E-state index is 0.673. The highest BCUT2D eigenvalue weighted by molar-refractivity contribution is 9.10. The molecule has 0 saturated heterocycles. The second-order valence-electron chi connectivity index (χ2n) is 6.25. The fraction of sp³-hybridized carbons (Fsp3) is 0.280. The molecule has 156 valence electrons. The molecular formula is C25H32BrClN2. The van der Waals surface area contributed by atoms with E-state index in [0.29, 0.717) is 11.6 Å². The molecule has 2 aromatic carbocycles. The lowest BCUT2D eigenvalue weighted by Crippen LogP contribution is -2.25. The van der Waals surface area contributed by atoms with Gasteiger partial charge in [-0.2, -0.15) is 0 Å². The molecule has 0 atom stereocenters. The maximum atomic E-state index is 6.46. The Kier molecular flexibility index (Phi) is 10.3. The van der Waals surface area contributed by atoms with Crippen molar-refractivity contribution in [1.29, 1.82) is 0 Å². The fourth-order valence-electron chi connectivity index (χ4n) is 3.01. The average Bonchev–Trinajstić information content (AvgIpc) is 2.71. The molecule has 0 saturated carbocycles. The molecule has 0 bridgehead atoms. The SMILES string of the molecule is C=C(C)C1=C(NCc2ccccc2Br)Nc2c(Cl)cc(C)cc2C1=C.CC.CC. The number of anilines is 1. The van der Waals surface area contributed by atoms with Gasteiger partial charge in [0.2, 0.25) is 0 Å². The summed E-state index contributed by atoms with van der Waals surface area (Å²) in [6.45, 7) is 21.1.